The van der Waals surface area contributed by atoms with Crippen LogP contribution in [0, 0.1) is 0 Å². The first kappa shape index (κ1) is 23.3. The number of benzene rings is 6. The third-order valence-corrected chi connectivity index (χ3v) is 9.02. The summed E-state index contributed by atoms with van der Waals surface area (Å²) in [4.78, 5) is 7.26. The summed E-state index contributed by atoms with van der Waals surface area (Å²) in [6.45, 7) is 0. The summed E-state index contributed by atoms with van der Waals surface area (Å²) in [7, 11) is 0. The molecule has 0 saturated carbocycles. The number of furan rings is 1. The molecule has 0 unspecified atom stereocenters. The Bertz CT molecular complexity index is 2420. The molecular formula is C37H22N2O2S. The summed E-state index contributed by atoms with van der Waals surface area (Å²) < 4.78 is 15.6. The normalized spacial score (nSPS) is 11.8. The van der Waals surface area contributed by atoms with Gasteiger partial charge in [0.05, 0.1) is 11.1 Å². The lowest BCUT2D eigenvalue weighted by Crippen LogP contribution is -2.10. The summed E-state index contributed by atoms with van der Waals surface area (Å²) in [5.41, 5.74) is 7.01. The molecule has 0 atom stereocenters. The second-order valence-electron chi connectivity index (χ2n) is 10.4. The zero-order chi connectivity index (χ0) is 27.6. The van der Waals surface area contributed by atoms with Crippen molar-refractivity contribution in [1.29, 1.82) is 0 Å². The van der Waals surface area contributed by atoms with E-state index >= 15 is 0 Å². The number of rotatable bonds is 4. The smallest absolute Gasteiger partial charge is 0.227 e. The molecule has 0 spiro atoms. The molecule has 5 heteroatoms. The number of hydrogen-bond acceptors (Lipinski definition) is 5. The van der Waals surface area contributed by atoms with E-state index in [4.69, 9.17) is 13.8 Å². The standard InChI is InChI=1S/C37H22N2O2S/c1-3-11-23(12-4-1)37-38-35-31(41-37)22-29(36-34(35)28-16-7-9-17-30(28)40-36)39(24-13-5-2-6-14-24)25-19-20-27-26-15-8-10-18-32(26)42-33(27)21-25/h1-22H. The van der Waals surface area contributed by atoms with Crippen LogP contribution >= 0.6 is 11.3 Å². The van der Waals surface area contributed by atoms with E-state index in [1.165, 1.54) is 20.2 Å². The number of nitrogens with zero attached hydrogens (tertiary/aromatic N) is 2. The third-order valence-electron chi connectivity index (χ3n) is 7.88. The maximum atomic E-state index is 6.65. The predicted octanol–water partition coefficient (Wildman–Crippen LogP) is 11.2. The number of aromatic nitrogens is 1. The van der Waals surface area contributed by atoms with Gasteiger partial charge in [-0.05, 0) is 48.5 Å². The summed E-state index contributed by atoms with van der Waals surface area (Å²) >= 11 is 1.82. The molecule has 198 valence electrons. The fourth-order valence-corrected chi connectivity index (χ4v) is 7.13. The number of fused-ring (bicyclic) bond motifs is 8. The second-order valence-corrected chi connectivity index (χ2v) is 11.5. The predicted molar refractivity (Wildman–Crippen MR) is 174 cm³/mol. The molecule has 9 aromatic rings. The maximum absolute atomic E-state index is 6.65. The van der Waals surface area contributed by atoms with Crippen LogP contribution in [0.2, 0.25) is 0 Å². The Labute approximate surface area is 244 Å². The van der Waals surface area contributed by atoms with Crippen molar-refractivity contribution in [3.05, 3.63) is 133 Å². The maximum Gasteiger partial charge on any atom is 0.227 e. The van der Waals surface area contributed by atoms with Gasteiger partial charge < -0.3 is 13.7 Å². The molecule has 0 saturated heterocycles. The molecule has 0 aliphatic rings. The molecule has 0 aliphatic carbocycles. The quantitative estimate of drug-likeness (QED) is 0.215. The molecule has 3 heterocycles. The van der Waals surface area contributed by atoms with Crippen LogP contribution in [0.25, 0.3) is 64.7 Å². The minimum atomic E-state index is 0.590. The van der Waals surface area contributed by atoms with Gasteiger partial charge in [0.25, 0.3) is 0 Å². The zero-order valence-electron chi connectivity index (χ0n) is 22.3. The Hall–Kier alpha value is -5.39. The number of oxazole rings is 1. The highest BCUT2D eigenvalue weighted by atomic mass is 32.1. The molecule has 0 bridgehead atoms. The Morgan fingerprint density at radius 2 is 1.26 bits per heavy atom. The van der Waals surface area contributed by atoms with Gasteiger partial charge in [-0.1, -0.05) is 78.9 Å². The lowest BCUT2D eigenvalue weighted by Gasteiger charge is -2.25. The van der Waals surface area contributed by atoms with Crippen LogP contribution in [0.3, 0.4) is 0 Å². The Morgan fingerprint density at radius 1 is 0.548 bits per heavy atom. The lowest BCUT2D eigenvalue weighted by molar-refractivity contribution is 0.619. The van der Waals surface area contributed by atoms with Crippen molar-refractivity contribution in [1.82, 2.24) is 4.98 Å². The van der Waals surface area contributed by atoms with E-state index in [2.05, 4.69) is 83.8 Å². The van der Waals surface area contributed by atoms with Gasteiger partial charge in [-0.2, -0.15) is 0 Å². The minimum Gasteiger partial charge on any atom is -0.454 e. The summed E-state index contributed by atoms with van der Waals surface area (Å²) in [6.07, 6.45) is 0. The van der Waals surface area contributed by atoms with Gasteiger partial charge in [-0.3, -0.25) is 0 Å². The molecule has 0 N–H and O–H groups in total. The largest absolute Gasteiger partial charge is 0.454 e. The second kappa shape index (κ2) is 9.06. The zero-order valence-corrected chi connectivity index (χ0v) is 23.1. The number of anilines is 3. The van der Waals surface area contributed by atoms with Crippen LogP contribution in [0.15, 0.2) is 142 Å². The third kappa shape index (κ3) is 3.51. The molecule has 6 aromatic carbocycles. The highest BCUT2D eigenvalue weighted by Crippen LogP contribution is 2.47. The number of para-hydroxylation sites is 2. The Kier molecular flexibility index (Phi) is 5.03. The van der Waals surface area contributed by atoms with E-state index in [1.807, 2.05) is 65.9 Å². The van der Waals surface area contributed by atoms with Crippen molar-refractivity contribution in [2.75, 3.05) is 4.90 Å². The SMILES string of the molecule is c1ccc(-c2nc3c(cc(N(c4ccccc4)c4ccc5c(c4)sc4ccccc45)c4oc5ccccc5c43)o2)cc1. The Balaban J connectivity index is 1.36. The van der Waals surface area contributed by atoms with Gasteiger partial charge >= 0.3 is 0 Å². The molecule has 0 aliphatic heterocycles. The number of hydrogen-bond donors (Lipinski definition) is 0. The lowest BCUT2D eigenvalue weighted by atomic mass is 10.1. The van der Waals surface area contributed by atoms with Crippen LogP contribution in [0.4, 0.5) is 17.1 Å². The van der Waals surface area contributed by atoms with E-state index < -0.39 is 0 Å². The van der Waals surface area contributed by atoms with E-state index in [-0.39, 0.29) is 0 Å². The van der Waals surface area contributed by atoms with E-state index in [1.54, 1.807) is 0 Å². The Morgan fingerprint density at radius 3 is 2.12 bits per heavy atom. The van der Waals surface area contributed by atoms with Gasteiger partial charge in [-0.25, -0.2) is 4.98 Å². The van der Waals surface area contributed by atoms with Crippen LogP contribution in [0.1, 0.15) is 0 Å². The molecule has 4 nitrogen and oxygen atoms in total. The average molecular weight is 559 g/mol. The molecular weight excluding hydrogens is 536 g/mol. The van der Waals surface area contributed by atoms with E-state index in [0.717, 1.165) is 50.1 Å². The first-order valence-corrected chi connectivity index (χ1v) is 14.7. The van der Waals surface area contributed by atoms with Crippen molar-refractivity contribution in [3.63, 3.8) is 0 Å². The van der Waals surface area contributed by atoms with Crippen LogP contribution in [-0.2, 0) is 0 Å². The van der Waals surface area contributed by atoms with E-state index in [0.29, 0.717) is 11.5 Å². The molecule has 3 aromatic heterocycles. The molecule has 42 heavy (non-hydrogen) atoms. The van der Waals surface area contributed by atoms with Crippen molar-refractivity contribution in [2.45, 2.75) is 0 Å². The summed E-state index contributed by atoms with van der Waals surface area (Å²) in [6, 6.07) is 46.0. The highest BCUT2D eigenvalue weighted by molar-refractivity contribution is 7.25. The van der Waals surface area contributed by atoms with Gasteiger partial charge in [0.2, 0.25) is 5.89 Å². The van der Waals surface area contributed by atoms with Crippen LogP contribution in [0.5, 0.6) is 0 Å². The van der Waals surface area contributed by atoms with Crippen molar-refractivity contribution in [2.24, 2.45) is 0 Å². The first-order valence-electron chi connectivity index (χ1n) is 13.9. The van der Waals surface area contributed by atoms with Crippen LogP contribution in [-0.4, -0.2) is 4.98 Å². The fourth-order valence-electron chi connectivity index (χ4n) is 5.99. The van der Waals surface area contributed by atoms with Gasteiger partial charge in [0.1, 0.15) is 11.1 Å². The van der Waals surface area contributed by atoms with Gasteiger partial charge in [-0.15, -0.1) is 11.3 Å². The fraction of sp³-hybridized carbons (Fsp3) is 0. The van der Waals surface area contributed by atoms with Crippen molar-refractivity contribution >= 4 is 81.6 Å². The van der Waals surface area contributed by atoms with Gasteiger partial charge in [0, 0.05) is 48.6 Å². The molecule has 0 radical (unpaired) electrons. The average Bonchev–Trinajstić information content (AvgIpc) is 3.75. The molecule has 0 amide bonds. The van der Waals surface area contributed by atoms with Crippen LogP contribution < -0.4 is 4.90 Å². The monoisotopic (exact) mass is 558 g/mol. The number of thiophene rings is 1. The molecule has 9 rings (SSSR count). The first-order chi connectivity index (χ1) is 20.8. The van der Waals surface area contributed by atoms with E-state index in [9.17, 15) is 0 Å². The highest BCUT2D eigenvalue weighted by Gasteiger charge is 2.25. The molecule has 0 fully saturated rings. The summed E-state index contributed by atoms with van der Waals surface area (Å²) in [5, 5.41) is 4.51. The summed E-state index contributed by atoms with van der Waals surface area (Å²) in [5.74, 6) is 0.590. The topological polar surface area (TPSA) is 42.4 Å². The van der Waals surface area contributed by atoms with Crippen molar-refractivity contribution < 1.29 is 8.83 Å². The van der Waals surface area contributed by atoms with Crippen molar-refractivity contribution in [3.8, 4) is 11.5 Å². The minimum absolute atomic E-state index is 0.590. The van der Waals surface area contributed by atoms with Gasteiger partial charge in [0.15, 0.2) is 11.2 Å².